The van der Waals surface area contributed by atoms with Gasteiger partial charge in [0.2, 0.25) is 0 Å². The maximum atomic E-state index is 12.7. The number of non-ortho nitro benzene ring substituents is 1. The summed E-state index contributed by atoms with van der Waals surface area (Å²) in [6.07, 6.45) is 1.78. The number of nitrogens with zero attached hydrogens (tertiary/aromatic N) is 5. The maximum Gasteiger partial charge on any atom is 0.276 e. The summed E-state index contributed by atoms with van der Waals surface area (Å²) in [5.41, 5.74) is 6.98. The number of likely N-dealkylation sites (tertiary alicyclic amines) is 1. The van der Waals surface area contributed by atoms with E-state index in [0.717, 1.165) is 12.8 Å². The highest BCUT2D eigenvalue weighted by atomic mass is 16.6. The Morgan fingerprint density at radius 3 is 2.76 bits per heavy atom. The quantitative estimate of drug-likeness (QED) is 0.659. The zero-order valence-electron chi connectivity index (χ0n) is 14.0. The zero-order valence-corrected chi connectivity index (χ0v) is 14.0. The summed E-state index contributed by atoms with van der Waals surface area (Å²) in [5, 5.41) is 18.9. The first-order valence-electron chi connectivity index (χ1n) is 8.17. The van der Waals surface area contributed by atoms with Gasteiger partial charge in [-0.25, -0.2) is 4.68 Å². The molecule has 1 aromatic heterocycles. The number of benzene rings is 1. The molecular weight excluding hydrogens is 324 g/mol. The van der Waals surface area contributed by atoms with Gasteiger partial charge in [0.25, 0.3) is 11.6 Å². The largest absolute Gasteiger partial charge is 0.337 e. The molecule has 1 aromatic carbocycles. The molecule has 25 heavy (non-hydrogen) atoms. The molecule has 1 amide bonds. The third-order valence-electron chi connectivity index (χ3n) is 4.62. The number of nitro groups is 1. The van der Waals surface area contributed by atoms with Gasteiger partial charge in [0.1, 0.15) is 0 Å². The number of piperidine rings is 1. The molecule has 0 unspecified atom stereocenters. The van der Waals surface area contributed by atoms with Crippen molar-refractivity contribution in [3.05, 3.63) is 45.8 Å². The number of aromatic nitrogens is 3. The van der Waals surface area contributed by atoms with E-state index < -0.39 is 4.92 Å². The summed E-state index contributed by atoms with van der Waals surface area (Å²) in [7, 11) is 0. The van der Waals surface area contributed by atoms with E-state index in [-0.39, 0.29) is 17.3 Å². The maximum absolute atomic E-state index is 12.7. The molecule has 0 aliphatic carbocycles. The zero-order chi connectivity index (χ0) is 18.0. The molecule has 1 saturated heterocycles. The number of amides is 1. The van der Waals surface area contributed by atoms with E-state index in [1.165, 1.54) is 16.8 Å². The molecule has 3 rings (SSSR count). The van der Waals surface area contributed by atoms with Crippen LogP contribution < -0.4 is 5.73 Å². The lowest BCUT2D eigenvalue weighted by Crippen LogP contribution is -2.40. The number of carbonyl (C=O) groups is 1. The van der Waals surface area contributed by atoms with Crippen LogP contribution in [-0.4, -0.2) is 50.4 Å². The van der Waals surface area contributed by atoms with Crippen LogP contribution >= 0.6 is 0 Å². The Labute approximate surface area is 144 Å². The highest BCUT2D eigenvalue weighted by Gasteiger charge is 2.27. The van der Waals surface area contributed by atoms with Crippen LogP contribution in [0.5, 0.6) is 0 Å². The molecule has 2 aromatic rings. The van der Waals surface area contributed by atoms with E-state index in [2.05, 4.69) is 10.3 Å². The van der Waals surface area contributed by atoms with Crippen LogP contribution in [0.15, 0.2) is 24.3 Å². The highest BCUT2D eigenvalue weighted by molar-refractivity contribution is 5.93. The van der Waals surface area contributed by atoms with E-state index in [0.29, 0.717) is 36.9 Å². The lowest BCUT2D eigenvalue weighted by Gasteiger charge is -2.30. The van der Waals surface area contributed by atoms with E-state index in [4.69, 9.17) is 5.73 Å². The third-order valence-corrected chi connectivity index (χ3v) is 4.62. The van der Waals surface area contributed by atoms with Crippen molar-refractivity contribution < 1.29 is 9.72 Å². The second kappa shape index (κ2) is 6.98. The number of hydrogen-bond acceptors (Lipinski definition) is 6. The Morgan fingerprint density at radius 2 is 2.12 bits per heavy atom. The van der Waals surface area contributed by atoms with Crippen LogP contribution in [0.1, 0.15) is 29.0 Å². The van der Waals surface area contributed by atoms with Crippen LogP contribution in [0.2, 0.25) is 0 Å². The van der Waals surface area contributed by atoms with Crippen LogP contribution in [0, 0.1) is 23.0 Å². The smallest absolute Gasteiger partial charge is 0.276 e. The molecule has 0 radical (unpaired) electrons. The average molecular weight is 344 g/mol. The Balaban J connectivity index is 1.83. The predicted molar refractivity (Wildman–Crippen MR) is 90.4 cm³/mol. The standard InChI is InChI=1S/C16H20N6O3/c1-11-15(16(23)20-7-5-12(10-17)6-8-20)18-19-21(11)13-3-2-4-14(9-13)22(24)25/h2-4,9,12H,5-8,10,17H2,1H3. The molecule has 1 aliphatic rings. The molecule has 1 fully saturated rings. The Hall–Kier alpha value is -2.81. The molecule has 2 N–H and O–H groups in total. The van der Waals surface area contributed by atoms with Gasteiger partial charge in [-0.3, -0.25) is 14.9 Å². The summed E-state index contributed by atoms with van der Waals surface area (Å²) in [4.78, 5) is 24.9. The fourth-order valence-electron chi connectivity index (χ4n) is 3.03. The normalized spacial score (nSPS) is 15.4. The molecule has 9 nitrogen and oxygen atoms in total. The van der Waals surface area contributed by atoms with Crippen molar-refractivity contribution in [2.24, 2.45) is 11.7 Å². The van der Waals surface area contributed by atoms with Crippen molar-refractivity contribution >= 4 is 11.6 Å². The minimum Gasteiger partial charge on any atom is -0.337 e. The molecule has 9 heteroatoms. The molecule has 0 spiro atoms. The van der Waals surface area contributed by atoms with Crippen molar-refractivity contribution in [3.63, 3.8) is 0 Å². The fraction of sp³-hybridized carbons (Fsp3) is 0.438. The van der Waals surface area contributed by atoms with E-state index in [1.807, 2.05) is 0 Å². The summed E-state index contributed by atoms with van der Waals surface area (Å²) in [6, 6.07) is 6.08. The third kappa shape index (κ3) is 3.36. The molecule has 2 heterocycles. The first-order valence-corrected chi connectivity index (χ1v) is 8.17. The van der Waals surface area contributed by atoms with E-state index in [9.17, 15) is 14.9 Å². The van der Waals surface area contributed by atoms with Gasteiger partial charge in [0.05, 0.1) is 16.3 Å². The summed E-state index contributed by atoms with van der Waals surface area (Å²) >= 11 is 0. The van der Waals surface area contributed by atoms with Crippen molar-refractivity contribution in [1.82, 2.24) is 19.9 Å². The Kier molecular flexibility index (Phi) is 4.75. The summed E-state index contributed by atoms with van der Waals surface area (Å²) in [5.74, 6) is 0.301. The Bertz CT molecular complexity index is 795. The minimum absolute atomic E-state index is 0.0378. The number of nitrogens with two attached hydrogens (primary N) is 1. The SMILES string of the molecule is Cc1c(C(=O)N2CCC(CN)CC2)nnn1-c1cccc([N+](=O)[O-])c1. The lowest BCUT2D eigenvalue weighted by atomic mass is 9.97. The first-order chi connectivity index (χ1) is 12.0. The van der Waals surface area contributed by atoms with Crippen LogP contribution in [0.3, 0.4) is 0 Å². The number of nitro benzene ring substituents is 1. The minimum atomic E-state index is -0.469. The van der Waals surface area contributed by atoms with E-state index >= 15 is 0 Å². The van der Waals surface area contributed by atoms with Gasteiger partial charge in [-0.05, 0) is 38.3 Å². The van der Waals surface area contributed by atoms with Crippen molar-refractivity contribution in [1.29, 1.82) is 0 Å². The average Bonchev–Trinajstić information content (AvgIpc) is 3.02. The molecule has 0 bridgehead atoms. The van der Waals surface area contributed by atoms with Crippen molar-refractivity contribution in [2.45, 2.75) is 19.8 Å². The van der Waals surface area contributed by atoms with Gasteiger partial charge in [-0.2, -0.15) is 0 Å². The van der Waals surface area contributed by atoms with Gasteiger partial charge in [-0.1, -0.05) is 11.3 Å². The number of carbonyl (C=O) groups excluding carboxylic acids is 1. The fourth-order valence-corrected chi connectivity index (χ4v) is 3.03. The second-order valence-electron chi connectivity index (χ2n) is 6.18. The predicted octanol–water partition coefficient (Wildman–Crippen LogP) is 1.29. The number of hydrogen-bond donors (Lipinski definition) is 1. The molecular formula is C16H20N6O3. The monoisotopic (exact) mass is 344 g/mol. The summed E-state index contributed by atoms with van der Waals surface area (Å²) in [6.45, 7) is 3.69. The van der Waals surface area contributed by atoms with Gasteiger partial charge in [0, 0.05) is 25.2 Å². The van der Waals surface area contributed by atoms with Gasteiger partial charge in [-0.15, -0.1) is 5.10 Å². The highest BCUT2D eigenvalue weighted by Crippen LogP contribution is 2.21. The van der Waals surface area contributed by atoms with Gasteiger partial charge >= 0.3 is 0 Å². The molecule has 1 aliphatic heterocycles. The Morgan fingerprint density at radius 1 is 1.40 bits per heavy atom. The first kappa shape index (κ1) is 17.0. The van der Waals surface area contributed by atoms with Crippen LogP contribution in [0.25, 0.3) is 5.69 Å². The molecule has 132 valence electrons. The van der Waals surface area contributed by atoms with Crippen LogP contribution in [-0.2, 0) is 0 Å². The van der Waals surface area contributed by atoms with Crippen LogP contribution in [0.4, 0.5) is 5.69 Å². The summed E-state index contributed by atoms with van der Waals surface area (Å²) < 4.78 is 1.45. The second-order valence-corrected chi connectivity index (χ2v) is 6.18. The lowest BCUT2D eigenvalue weighted by molar-refractivity contribution is -0.384. The van der Waals surface area contributed by atoms with E-state index in [1.54, 1.807) is 24.0 Å². The number of rotatable bonds is 4. The van der Waals surface area contributed by atoms with Crippen molar-refractivity contribution in [2.75, 3.05) is 19.6 Å². The van der Waals surface area contributed by atoms with Gasteiger partial charge < -0.3 is 10.6 Å². The topological polar surface area (TPSA) is 120 Å². The molecule has 0 atom stereocenters. The molecule has 0 saturated carbocycles. The van der Waals surface area contributed by atoms with Gasteiger partial charge in [0.15, 0.2) is 5.69 Å². The van der Waals surface area contributed by atoms with Crippen molar-refractivity contribution in [3.8, 4) is 5.69 Å².